The van der Waals surface area contributed by atoms with Crippen molar-refractivity contribution in [2.75, 3.05) is 7.11 Å². The highest BCUT2D eigenvalue weighted by Crippen LogP contribution is 2.30. The van der Waals surface area contributed by atoms with Crippen LogP contribution >= 0.6 is 0 Å². The summed E-state index contributed by atoms with van der Waals surface area (Å²) in [5.74, 6) is 0.669. The van der Waals surface area contributed by atoms with Gasteiger partial charge in [0.25, 0.3) is 0 Å². The summed E-state index contributed by atoms with van der Waals surface area (Å²) in [6.07, 6.45) is 2.93. The first-order valence-electron chi connectivity index (χ1n) is 5.09. The Morgan fingerprint density at radius 1 is 1.38 bits per heavy atom. The van der Waals surface area contributed by atoms with Crippen LogP contribution < -0.4 is 4.74 Å². The van der Waals surface area contributed by atoms with Gasteiger partial charge in [0.2, 0.25) is 0 Å². The number of rotatable bonds is 3. The first-order chi connectivity index (χ1) is 7.74. The highest BCUT2D eigenvalue weighted by molar-refractivity contribution is 5.50. The van der Waals surface area contributed by atoms with Crippen LogP contribution in [0.2, 0.25) is 0 Å². The van der Waals surface area contributed by atoms with Crippen LogP contribution in [0.1, 0.15) is 18.6 Å². The van der Waals surface area contributed by atoms with Gasteiger partial charge in [-0.15, -0.1) is 0 Å². The number of ether oxygens (including phenoxy) is 1. The molecule has 0 fully saturated rings. The molecule has 1 aromatic carbocycles. The number of methoxy groups -OCH3 is 1. The third-order valence-electron chi connectivity index (χ3n) is 2.43. The molecule has 0 aliphatic heterocycles. The molecule has 0 spiro atoms. The van der Waals surface area contributed by atoms with Crippen LogP contribution in [-0.2, 0) is 0 Å². The van der Waals surface area contributed by atoms with Gasteiger partial charge in [-0.2, -0.15) is 5.10 Å². The van der Waals surface area contributed by atoms with Crippen LogP contribution in [0.15, 0.2) is 36.7 Å². The Kier molecular flexibility index (Phi) is 2.92. The molecule has 16 heavy (non-hydrogen) atoms. The third-order valence-corrected chi connectivity index (χ3v) is 2.43. The number of nitrogens with zero attached hydrogens (tertiary/aromatic N) is 2. The van der Waals surface area contributed by atoms with Crippen LogP contribution in [0.25, 0.3) is 5.69 Å². The molecule has 1 atom stereocenters. The normalized spacial score (nSPS) is 12.4. The summed E-state index contributed by atoms with van der Waals surface area (Å²) in [6, 6.07) is 7.44. The second kappa shape index (κ2) is 4.37. The summed E-state index contributed by atoms with van der Waals surface area (Å²) < 4.78 is 6.96. The predicted molar refractivity (Wildman–Crippen MR) is 60.7 cm³/mol. The van der Waals surface area contributed by atoms with Crippen LogP contribution in [-0.4, -0.2) is 22.0 Å². The first kappa shape index (κ1) is 10.7. The molecule has 1 N–H and O–H groups in total. The quantitative estimate of drug-likeness (QED) is 0.856. The Labute approximate surface area is 94.1 Å². The topological polar surface area (TPSA) is 47.3 Å². The first-order valence-corrected chi connectivity index (χ1v) is 5.09. The molecule has 4 nitrogen and oxygen atoms in total. The summed E-state index contributed by atoms with van der Waals surface area (Å²) in [6.45, 7) is 1.71. The fourth-order valence-corrected chi connectivity index (χ4v) is 1.74. The van der Waals surface area contributed by atoms with E-state index in [4.69, 9.17) is 4.74 Å². The van der Waals surface area contributed by atoms with Gasteiger partial charge in [0.1, 0.15) is 5.75 Å². The summed E-state index contributed by atoms with van der Waals surface area (Å²) in [4.78, 5) is 0. The molecule has 0 saturated heterocycles. The van der Waals surface area contributed by atoms with Gasteiger partial charge < -0.3 is 9.84 Å². The predicted octanol–water partition coefficient (Wildman–Crippen LogP) is 1.93. The van der Waals surface area contributed by atoms with E-state index in [0.717, 1.165) is 11.3 Å². The highest BCUT2D eigenvalue weighted by Gasteiger charge is 2.15. The SMILES string of the molecule is COc1cccc(-n2cccn2)c1[C@@H](C)O. The second-order valence-electron chi connectivity index (χ2n) is 3.52. The van der Waals surface area contributed by atoms with Crippen molar-refractivity contribution in [3.63, 3.8) is 0 Å². The van der Waals surface area contributed by atoms with Crippen molar-refractivity contribution in [3.05, 3.63) is 42.2 Å². The molecule has 1 heterocycles. The lowest BCUT2D eigenvalue weighted by Gasteiger charge is -2.15. The van der Waals surface area contributed by atoms with Gasteiger partial charge in [0.15, 0.2) is 0 Å². The number of hydrogen-bond donors (Lipinski definition) is 1. The van der Waals surface area contributed by atoms with E-state index in [-0.39, 0.29) is 0 Å². The Morgan fingerprint density at radius 3 is 2.75 bits per heavy atom. The van der Waals surface area contributed by atoms with E-state index in [2.05, 4.69) is 5.10 Å². The zero-order chi connectivity index (χ0) is 11.5. The smallest absolute Gasteiger partial charge is 0.126 e. The maximum absolute atomic E-state index is 9.79. The van der Waals surface area contributed by atoms with Crippen molar-refractivity contribution in [3.8, 4) is 11.4 Å². The number of aromatic nitrogens is 2. The van der Waals surface area contributed by atoms with E-state index in [9.17, 15) is 5.11 Å². The minimum Gasteiger partial charge on any atom is -0.496 e. The third kappa shape index (κ3) is 1.79. The molecule has 0 aliphatic carbocycles. The molecule has 4 heteroatoms. The number of aliphatic hydroxyl groups is 1. The highest BCUT2D eigenvalue weighted by atomic mass is 16.5. The van der Waals surface area contributed by atoms with E-state index in [1.54, 1.807) is 24.9 Å². The van der Waals surface area contributed by atoms with Crippen LogP contribution in [0.4, 0.5) is 0 Å². The molecule has 1 aromatic heterocycles. The number of benzene rings is 1. The maximum atomic E-state index is 9.79. The van der Waals surface area contributed by atoms with Crippen molar-refractivity contribution in [1.29, 1.82) is 0 Å². The molecule has 2 rings (SSSR count). The lowest BCUT2D eigenvalue weighted by atomic mass is 10.1. The number of hydrogen-bond acceptors (Lipinski definition) is 3. The van der Waals surface area contributed by atoms with Crippen molar-refractivity contribution in [2.45, 2.75) is 13.0 Å². The van der Waals surface area contributed by atoms with Gasteiger partial charge in [-0.1, -0.05) is 6.07 Å². The number of aliphatic hydroxyl groups excluding tert-OH is 1. The molecule has 0 amide bonds. The molecular formula is C12H14N2O2. The molecule has 0 radical (unpaired) electrons. The van der Waals surface area contributed by atoms with Crippen LogP contribution in [0.3, 0.4) is 0 Å². The average molecular weight is 218 g/mol. The summed E-state index contributed by atoms with van der Waals surface area (Å²) in [5, 5.41) is 13.9. The Bertz CT molecular complexity index is 464. The van der Waals surface area contributed by atoms with Crippen molar-refractivity contribution >= 4 is 0 Å². The van der Waals surface area contributed by atoms with Crippen LogP contribution in [0, 0.1) is 0 Å². The Hall–Kier alpha value is -1.81. The van der Waals surface area contributed by atoms with Gasteiger partial charge in [-0.25, -0.2) is 4.68 Å². The Morgan fingerprint density at radius 2 is 2.19 bits per heavy atom. The minimum absolute atomic E-state index is 0.602. The Balaban J connectivity index is 2.61. The zero-order valence-electron chi connectivity index (χ0n) is 9.29. The molecular weight excluding hydrogens is 204 g/mol. The summed E-state index contributed by atoms with van der Waals surface area (Å²) in [5.41, 5.74) is 1.58. The molecule has 0 unspecified atom stereocenters. The summed E-state index contributed by atoms with van der Waals surface area (Å²) >= 11 is 0. The van der Waals surface area contributed by atoms with E-state index < -0.39 is 6.10 Å². The maximum Gasteiger partial charge on any atom is 0.126 e. The molecule has 84 valence electrons. The van der Waals surface area contributed by atoms with Crippen molar-refractivity contribution < 1.29 is 9.84 Å². The fraction of sp³-hybridized carbons (Fsp3) is 0.250. The lowest BCUT2D eigenvalue weighted by Crippen LogP contribution is -2.05. The second-order valence-corrected chi connectivity index (χ2v) is 3.52. The molecule has 0 saturated carbocycles. The minimum atomic E-state index is -0.602. The fourth-order valence-electron chi connectivity index (χ4n) is 1.74. The van der Waals surface area contributed by atoms with Gasteiger partial charge in [-0.3, -0.25) is 0 Å². The van der Waals surface area contributed by atoms with Crippen molar-refractivity contribution in [2.24, 2.45) is 0 Å². The average Bonchev–Trinajstić information content (AvgIpc) is 2.81. The van der Waals surface area contributed by atoms with E-state index in [0.29, 0.717) is 5.75 Å². The lowest BCUT2D eigenvalue weighted by molar-refractivity contribution is 0.194. The van der Waals surface area contributed by atoms with Gasteiger partial charge in [0, 0.05) is 18.0 Å². The molecule has 0 bridgehead atoms. The van der Waals surface area contributed by atoms with E-state index in [1.807, 2.05) is 30.5 Å². The standard InChI is InChI=1S/C12H14N2O2/c1-9(15)12-10(14-8-4-7-13-14)5-3-6-11(12)16-2/h3-9,15H,1-2H3/t9-/m1/s1. The van der Waals surface area contributed by atoms with Gasteiger partial charge in [-0.05, 0) is 25.1 Å². The molecule has 2 aromatic rings. The van der Waals surface area contributed by atoms with Crippen molar-refractivity contribution in [1.82, 2.24) is 9.78 Å². The monoisotopic (exact) mass is 218 g/mol. The van der Waals surface area contributed by atoms with E-state index >= 15 is 0 Å². The van der Waals surface area contributed by atoms with E-state index in [1.165, 1.54) is 0 Å². The summed E-state index contributed by atoms with van der Waals surface area (Å²) in [7, 11) is 1.59. The van der Waals surface area contributed by atoms with Gasteiger partial charge >= 0.3 is 0 Å². The zero-order valence-corrected chi connectivity index (χ0v) is 9.29. The van der Waals surface area contributed by atoms with Gasteiger partial charge in [0.05, 0.1) is 18.9 Å². The largest absolute Gasteiger partial charge is 0.496 e. The molecule has 0 aliphatic rings. The van der Waals surface area contributed by atoms with Crippen LogP contribution in [0.5, 0.6) is 5.75 Å².